The second-order valence-electron chi connectivity index (χ2n) is 8.24. The molecule has 0 unspecified atom stereocenters. The van der Waals surface area contributed by atoms with Gasteiger partial charge in [0.25, 0.3) is 11.1 Å². The molecule has 1 aliphatic rings. The fourth-order valence-electron chi connectivity index (χ4n) is 4.62. The Morgan fingerprint density at radius 3 is 2.59 bits per heavy atom. The number of nitrogens with one attached hydrogen (secondary N) is 2. The molecule has 5 nitrogen and oxygen atoms in total. The van der Waals surface area contributed by atoms with Crippen molar-refractivity contribution < 1.29 is 13.2 Å². The van der Waals surface area contributed by atoms with E-state index in [1.807, 2.05) is 18.2 Å². The number of H-pyrrole nitrogens is 1. The molecule has 170 valence electrons. The largest absolute Gasteiger partial charge is 0.312 e. The van der Waals surface area contributed by atoms with Gasteiger partial charge >= 0.3 is 0 Å². The molecule has 0 amide bonds. The zero-order valence-electron chi connectivity index (χ0n) is 17.5. The summed E-state index contributed by atoms with van der Waals surface area (Å²) in [5.41, 5.74) is 2.18. The monoisotopic (exact) mass is 479 g/mol. The van der Waals surface area contributed by atoms with Crippen molar-refractivity contribution >= 4 is 27.1 Å². The van der Waals surface area contributed by atoms with Crippen LogP contribution in [0.25, 0.3) is 37.9 Å². The van der Waals surface area contributed by atoms with Crippen LogP contribution in [0.3, 0.4) is 0 Å². The van der Waals surface area contributed by atoms with Gasteiger partial charge in [0, 0.05) is 35.5 Å². The Labute approximate surface area is 194 Å². The van der Waals surface area contributed by atoms with E-state index in [4.69, 9.17) is 0 Å². The highest BCUT2D eigenvalue weighted by Gasteiger charge is 2.22. The van der Waals surface area contributed by atoms with Gasteiger partial charge in [-0.3, -0.25) is 18.4 Å². The number of benzene rings is 2. The molecule has 2 N–H and O–H groups in total. The van der Waals surface area contributed by atoms with E-state index in [1.54, 1.807) is 0 Å². The maximum atomic E-state index is 15.3. The highest BCUT2D eigenvalue weighted by atomic mass is 32.1. The van der Waals surface area contributed by atoms with Gasteiger partial charge in [0.2, 0.25) is 0 Å². The topological polar surface area (TPSA) is 66.4 Å². The minimum atomic E-state index is -0.853. The fourth-order valence-corrected chi connectivity index (χ4v) is 5.52. The first-order valence-corrected chi connectivity index (χ1v) is 11.4. The van der Waals surface area contributed by atoms with Crippen LogP contribution in [0.4, 0.5) is 13.2 Å². The van der Waals surface area contributed by atoms with E-state index in [0.717, 1.165) is 52.8 Å². The molecule has 0 atom stereocenters. The van der Waals surface area contributed by atoms with Crippen molar-refractivity contribution in [3.05, 3.63) is 97.9 Å². The minimum absolute atomic E-state index is 0.00588. The summed E-state index contributed by atoms with van der Waals surface area (Å²) in [6.07, 6.45) is 1.90. The molecule has 9 heteroatoms. The summed E-state index contributed by atoms with van der Waals surface area (Å²) in [4.78, 5) is 25.5. The Morgan fingerprint density at radius 1 is 0.912 bits per heavy atom. The van der Waals surface area contributed by atoms with Crippen LogP contribution in [-0.4, -0.2) is 15.3 Å². The Kier molecular flexibility index (Phi) is 4.72. The van der Waals surface area contributed by atoms with Gasteiger partial charge in [0.1, 0.15) is 22.8 Å². The summed E-state index contributed by atoms with van der Waals surface area (Å²) in [7, 11) is 0. The predicted molar refractivity (Wildman–Crippen MR) is 126 cm³/mol. The van der Waals surface area contributed by atoms with E-state index in [2.05, 4.69) is 9.69 Å². The summed E-state index contributed by atoms with van der Waals surface area (Å²) < 4.78 is 47.6. The highest BCUT2D eigenvalue weighted by molar-refractivity contribution is 7.14. The lowest BCUT2D eigenvalue weighted by atomic mass is 9.94. The molecular weight excluding hydrogens is 463 g/mol. The lowest BCUT2D eigenvalue weighted by molar-refractivity contribution is 0.586. The normalized spacial score (nSPS) is 13.5. The third kappa shape index (κ3) is 3.12. The number of pyridine rings is 2. The quantitative estimate of drug-likeness (QED) is 0.389. The SMILES string of the molecule is O=c1[nH]sc2c(-c3ccc(F)cc3F)c3cc(-c4ccc5c(c4)CNCC5)c(F)cn3c(=O)c12. The van der Waals surface area contributed by atoms with Crippen LogP contribution in [-0.2, 0) is 13.0 Å². The number of halogens is 3. The van der Waals surface area contributed by atoms with Crippen molar-refractivity contribution in [1.82, 2.24) is 14.1 Å². The third-order valence-corrected chi connectivity index (χ3v) is 7.16. The van der Waals surface area contributed by atoms with Gasteiger partial charge in [-0.1, -0.05) is 23.7 Å². The van der Waals surface area contributed by atoms with E-state index >= 15 is 4.39 Å². The third-order valence-electron chi connectivity index (χ3n) is 6.26. The Hall–Kier alpha value is -3.69. The molecule has 0 bridgehead atoms. The molecule has 0 spiro atoms. The second-order valence-corrected chi connectivity index (χ2v) is 9.06. The molecule has 5 aromatic rings. The van der Waals surface area contributed by atoms with Crippen LogP contribution >= 0.6 is 11.5 Å². The van der Waals surface area contributed by atoms with Gasteiger partial charge in [0.15, 0.2) is 0 Å². The zero-order valence-corrected chi connectivity index (χ0v) is 18.4. The van der Waals surface area contributed by atoms with E-state index in [-0.39, 0.29) is 32.3 Å². The summed E-state index contributed by atoms with van der Waals surface area (Å²) in [5.74, 6) is -2.27. The summed E-state index contributed by atoms with van der Waals surface area (Å²) >= 11 is 0.889. The Morgan fingerprint density at radius 2 is 1.76 bits per heavy atom. The first kappa shape index (κ1) is 20.9. The standard InChI is InChI=1S/C25H16F3N3O2S/c26-15-3-4-16(18(27)8-15)21-20-9-17(13-2-1-12-5-6-29-10-14(12)7-13)19(28)11-31(20)25(33)22-23(21)34-30-24(22)32/h1-4,7-9,11,29H,5-6,10H2,(H,30,32). The molecule has 3 aromatic heterocycles. The van der Waals surface area contributed by atoms with Crippen LogP contribution in [0, 0.1) is 17.5 Å². The van der Waals surface area contributed by atoms with Crippen LogP contribution < -0.4 is 16.4 Å². The number of aromatic nitrogens is 2. The van der Waals surface area contributed by atoms with Crippen LogP contribution in [0.1, 0.15) is 11.1 Å². The lowest BCUT2D eigenvalue weighted by Gasteiger charge is -2.18. The van der Waals surface area contributed by atoms with Crippen molar-refractivity contribution in [2.24, 2.45) is 0 Å². The number of nitrogens with zero attached hydrogens (tertiary/aromatic N) is 1. The molecule has 2 aromatic carbocycles. The van der Waals surface area contributed by atoms with Gasteiger partial charge in [-0.05, 0) is 53.9 Å². The molecule has 0 fully saturated rings. The summed E-state index contributed by atoms with van der Waals surface area (Å²) in [6, 6.07) is 10.3. The molecular formula is C25H16F3N3O2S. The molecule has 6 rings (SSSR count). The first-order valence-electron chi connectivity index (χ1n) is 10.6. The van der Waals surface area contributed by atoms with Gasteiger partial charge in [-0.15, -0.1) is 0 Å². The van der Waals surface area contributed by atoms with E-state index < -0.39 is 28.6 Å². The van der Waals surface area contributed by atoms with Crippen molar-refractivity contribution in [2.75, 3.05) is 6.54 Å². The zero-order chi connectivity index (χ0) is 23.6. The van der Waals surface area contributed by atoms with Crippen molar-refractivity contribution in [2.45, 2.75) is 13.0 Å². The number of aromatic amines is 1. The number of hydrogen-bond acceptors (Lipinski definition) is 4. The Bertz CT molecular complexity index is 1750. The van der Waals surface area contributed by atoms with Crippen LogP contribution in [0.2, 0.25) is 0 Å². The van der Waals surface area contributed by atoms with Crippen molar-refractivity contribution in [1.29, 1.82) is 0 Å². The predicted octanol–water partition coefficient (Wildman–Crippen LogP) is 4.60. The minimum Gasteiger partial charge on any atom is -0.312 e. The maximum Gasteiger partial charge on any atom is 0.271 e. The molecule has 34 heavy (non-hydrogen) atoms. The van der Waals surface area contributed by atoms with E-state index in [9.17, 15) is 18.4 Å². The number of hydrogen-bond donors (Lipinski definition) is 2. The number of rotatable bonds is 2. The highest BCUT2D eigenvalue weighted by Crippen LogP contribution is 2.37. The number of fused-ring (bicyclic) bond motifs is 3. The van der Waals surface area contributed by atoms with Crippen molar-refractivity contribution in [3.8, 4) is 22.3 Å². The molecule has 4 heterocycles. The van der Waals surface area contributed by atoms with Crippen LogP contribution in [0.5, 0.6) is 0 Å². The van der Waals surface area contributed by atoms with Gasteiger partial charge in [0.05, 0.1) is 10.2 Å². The molecule has 1 aliphatic heterocycles. The van der Waals surface area contributed by atoms with Crippen LogP contribution in [0.15, 0.2) is 58.3 Å². The molecule has 0 radical (unpaired) electrons. The molecule has 0 aliphatic carbocycles. The Balaban J connectivity index is 1.72. The van der Waals surface area contributed by atoms with Gasteiger partial charge < -0.3 is 5.32 Å². The smallest absolute Gasteiger partial charge is 0.271 e. The van der Waals surface area contributed by atoms with Gasteiger partial charge in [-0.2, -0.15) is 0 Å². The average molecular weight is 479 g/mol. The van der Waals surface area contributed by atoms with E-state index in [1.165, 1.54) is 17.7 Å². The van der Waals surface area contributed by atoms with Gasteiger partial charge in [-0.25, -0.2) is 13.2 Å². The maximum absolute atomic E-state index is 15.3. The second kappa shape index (κ2) is 7.68. The summed E-state index contributed by atoms with van der Waals surface area (Å²) in [6.45, 7) is 1.55. The average Bonchev–Trinajstić information content (AvgIpc) is 3.21. The fraction of sp³-hybridized carbons (Fsp3) is 0.120. The first-order chi connectivity index (χ1) is 16.4. The lowest BCUT2D eigenvalue weighted by Crippen LogP contribution is -2.23. The molecule has 0 saturated carbocycles. The summed E-state index contributed by atoms with van der Waals surface area (Å²) in [5, 5.41) is 3.09. The molecule has 0 saturated heterocycles. The van der Waals surface area contributed by atoms with E-state index in [0.29, 0.717) is 12.1 Å². The van der Waals surface area contributed by atoms with Crippen molar-refractivity contribution in [3.63, 3.8) is 0 Å².